The third-order valence-corrected chi connectivity index (χ3v) is 3.38. The van der Waals surface area contributed by atoms with E-state index in [2.05, 4.69) is 4.98 Å². The molecule has 1 amide bonds. The Kier molecular flexibility index (Phi) is 4.91. The van der Waals surface area contributed by atoms with Gasteiger partial charge in [0.1, 0.15) is 0 Å². The average Bonchev–Trinajstić information content (AvgIpc) is 2.93. The van der Waals surface area contributed by atoms with Crippen molar-refractivity contribution in [3.63, 3.8) is 0 Å². The molecule has 2 rings (SSSR count). The van der Waals surface area contributed by atoms with Crippen LogP contribution in [0.1, 0.15) is 23.2 Å². The topological polar surface area (TPSA) is 99.3 Å². The maximum absolute atomic E-state index is 12.5. The molecule has 2 aromatic rings. The molecule has 9 heteroatoms. The minimum absolute atomic E-state index is 0.0865. The summed E-state index contributed by atoms with van der Waals surface area (Å²) in [7, 11) is 0. The maximum Gasteiger partial charge on any atom is 0.471 e. The normalized spacial score (nSPS) is 12.8. The number of carbonyl (C=O) groups is 3. The Morgan fingerprint density at radius 2 is 1.88 bits per heavy atom. The van der Waals surface area contributed by atoms with Crippen molar-refractivity contribution >= 4 is 28.6 Å². The zero-order chi connectivity index (χ0) is 17.9. The lowest BCUT2D eigenvalue weighted by atomic mass is 9.99. The number of H-pyrrole nitrogens is 1. The number of hydrogen-bond donors (Lipinski definition) is 3. The van der Waals surface area contributed by atoms with Crippen LogP contribution >= 0.6 is 0 Å². The molecule has 0 aliphatic rings. The summed E-state index contributed by atoms with van der Waals surface area (Å²) in [5, 5.41) is 10.7. The molecule has 24 heavy (non-hydrogen) atoms. The van der Waals surface area contributed by atoms with Gasteiger partial charge in [-0.1, -0.05) is 18.2 Å². The molecule has 1 aromatic carbocycles. The lowest BCUT2D eigenvalue weighted by Crippen LogP contribution is -2.47. The predicted octanol–water partition coefficient (Wildman–Crippen LogP) is 2.26. The Balaban J connectivity index is 2.29. The molecule has 6 nitrogen and oxygen atoms in total. The highest BCUT2D eigenvalue weighted by Gasteiger charge is 2.41. The average molecular weight is 342 g/mol. The smallest absolute Gasteiger partial charge is 0.471 e. The molecule has 0 saturated heterocycles. The SMILES string of the molecule is O=C(O)CCC(NC(=O)C(F)(F)F)C(=O)c1c[nH]c2ccccc12. The second kappa shape index (κ2) is 6.73. The summed E-state index contributed by atoms with van der Waals surface area (Å²) in [6.45, 7) is 0. The van der Waals surface area contributed by atoms with Crippen molar-refractivity contribution < 1.29 is 32.7 Å². The molecule has 0 spiro atoms. The van der Waals surface area contributed by atoms with Crippen molar-refractivity contribution in [3.8, 4) is 0 Å². The van der Waals surface area contributed by atoms with Crippen LogP contribution in [0.5, 0.6) is 0 Å². The van der Waals surface area contributed by atoms with Crippen molar-refractivity contribution in [2.24, 2.45) is 0 Å². The first-order valence-electron chi connectivity index (χ1n) is 6.90. The molecule has 128 valence electrons. The Labute approximate surface area is 133 Å². The van der Waals surface area contributed by atoms with Crippen molar-refractivity contribution in [2.45, 2.75) is 25.1 Å². The molecular weight excluding hydrogens is 329 g/mol. The molecule has 0 radical (unpaired) electrons. The zero-order valence-electron chi connectivity index (χ0n) is 12.2. The molecule has 0 aliphatic carbocycles. The van der Waals surface area contributed by atoms with Gasteiger partial charge in [-0.3, -0.25) is 14.4 Å². The van der Waals surface area contributed by atoms with Gasteiger partial charge in [-0.2, -0.15) is 13.2 Å². The Morgan fingerprint density at radius 3 is 2.50 bits per heavy atom. The molecule has 1 heterocycles. The first kappa shape index (κ1) is 17.5. The van der Waals surface area contributed by atoms with Gasteiger partial charge < -0.3 is 15.4 Å². The number of carbonyl (C=O) groups excluding carboxylic acids is 2. The van der Waals surface area contributed by atoms with E-state index in [4.69, 9.17) is 5.11 Å². The first-order valence-corrected chi connectivity index (χ1v) is 6.90. The molecule has 1 unspecified atom stereocenters. The van der Waals surface area contributed by atoms with E-state index in [0.717, 1.165) is 0 Å². The molecule has 1 aromatic heterocycles. The fourth-order valence-electron chi connectivity index (χ4n) is 2.24. The summed E-state index contributed by atoms with van der Waals surface area (Å²) < 4.78 is 37.3. The fraction of sp³-hybridized carbons (Fsp3) is 0.267. The van der Waals surface area contributed by atoms with Crippen LogP contribution in [0.2, 0.25) is 0 Å². The number of rotatable bonds is 6. The van der Waals surface area contributed by atoms with Gasteiger partial charge in [0.15, 0.2) is 5.78 Å². The van der Waals surface area contributed by atoms with Crippen LogP contribution in [0.15, 0.2) is 30.5 Å². The summed E-state index contributed by atoms with van der Waals surface area (Å²) >= 11 is 0. The number of para-hydroxylation sites is 1. The number of Topliss-reactive ketones (excluding diaryl/α,β-unsaturated/α-hetero) is 1. The van der Waals surface area contributed by atoms with Gasteiger partial charge in [0, 0.05) is 29.1 Å². The van der Waals surface area contributed by atoms with E-state index in [0.29, 0.717) is 10.9 Å². The molecule has 1 atom stereocenters. The van der Waals surface area contributed by atoms with Gasteiger partial charge in [0.05, 0.1) is 6.04 Å². The fourth-order valence-corrected chi connectivity index (χ4v) is 2.24. The number of amides is 1. The summed E-state index contributed by atoms with van der Waals surface area (Å²) in [6, 6.07) is 5.04. The van der Waals surface area contributed by atoms with Gasteiger partial charge in [0.25, 0.3) is 0 Å². The summed E-state index contributed by atoms with van der Waals surface area (Å²) in [5.41, 5.74) is 0.684. The molecule has 0 saturated carbocycles. The molecule has 0 bridgehead atoms. The molecule has 0 aliphatic heterocycles. The van der Waals surface area contributed by atoms with Crippen LogP contribution in [0.25, 0.3) is 10.9 Å². The number of aromatic nitrogens is 1. The minimum atomic E-state index is -5.16. The van der Waals surface area contributed by atoms with Crippen LogP contribution in [-0.2, 0) is 9.59 Å². The predicted molar refractivity (Wildman–Crippen MR) is 77.5 cm³/mol. The highest BCUT2D eigenvalue weighted by atomic mass is 19.4. The highest BCUT2D eigenvalue weighted by molar-refractivity contribution is 6.11. The van der Waals surface area contributed by atoms with Crippen LogP contribution in [0.3, 0.4) is 0 Å². The number of fused-ring (bicyclic) bond motifs is 1. The number of nitrogens with one attached hydrogen (secondary N) is 2. The van der Waals surface area contributed by atoms with E-state index in [1.165, 1.54) is 6.20 Å². The van der Waals surface area contributed by atoms with Crippen LogP contribution in [0, 0.1) is 0 Å². The number of hydrogen-bond acceptors (Lipinski definition) is 3. The summed E-state index contributed by atoms with van der Waals surface area (Å²) in [4.78, 5) is 37.1. The van der Waals surface area contributed by atoms with Gasteiger partial charge in [0.2, 0.25) is 0 Å². The highest BCUT2D eigenvalue weighted by Crippen LogP contribution is 2.21. The maximum atomic E-state index is 12.5. The van der Waals surface area contributed by atoms with E-state index in [1.807, 2.05) is 0 Å². The lowest BCUT2D eigenvalue weighted by molar-refractivity contribution is -0.174. The van der Waals surface area contributed by atoms with E-state index >= 15 is 0 Å². The Hall–Kier alpha value is -2.84. The summed E-state index contributed by atoms with van der Waals surface area (Å²) in [5.74, 6) is -4.36. The Bertz CT molecular complexity index is 782. The monoisotopic (exact) mass is 342 g/mol. The minimum Gasteiger partial charge on any atom is -0.481 e. The van der Waals surface area contributed by atoms with Gasteiger partial charge in [-0.15, -0.1) is 0 Å². The Morgan fingerprint density at radius 1 is 1.21 bits per heavy atom. The van der Waals surface area contributed by atoms with Crippen LogP contribution in [0.4, 0.5) is 13.2 Å². The van der Waals surface area contributed by atoms with Crippen molar-refractivity contribution in [2.75, 3.05) is 0 Å². The second-order valence-corrected chi connectivity index (χ2v) is 5.07. The number of carboxylic acid groups (broad SMARTS) is 1. The number of benzene rings is 1. The van der Waals surface area contributed by atoms with E-state index < -0.39 is 42.7 Å². The standard InChI is InChI=1S/C15H13F3N2O4/c16-15(17,18)14(24)20-11(5-6-12(21)22)13(23)9-7-19-10-4-2-1-3-8(9)10/h1-4,7,11,19H,5-6H2,(H,20,24)(H,21,22). The van der Waals surface area contributed by atoms with Gasteiger partial charge >= 0.3 is 18.1 Å². The number of aliphatic carboxylic acids is 1. The van der Waals surface area contributed by atoms with Crippen LogP contribution in [-0.4, -0.2) is 40.0 Å². The van der Waals surface area contributed by atoms with Crippen molar-refractivity contribution in [1.29, 1.82) is 0 Å². The van der Waals surface area contributed by atoms with E-state index in [1.54, 1.807) is 29.6 Å². The summed E-state index contributed by atoms with van der Waals surface area (Å²) in [6.07, 6.45) is -4.85. The van der Waals surface area contributed by atoms with E-state index in [-0.39, 0.29) is 5.56 Å². The quantitative estimate of drug-likeness (QED) is 0.701. The van der Waals surface area contributed by atoms with Crippen LogP contribution < -0.4 is 5.32 Å². The number of carboxylic acids is 1. The van der Waals surface area contributed by atoms with E-state index in [9.17, 15) is 27.6 Å². The van der Waals surface area contributed by atoms with Gasteiger partial charge in [-0.05, 0) is 12.5 Å². The van der Waals surface area contributed by atoms with Gasteiger partial charge in [-0.25, -0.2) is 0 Å². The number of halogens is 3. The second-order valence-electron chi connectivity index (χ2n) is 5.07. The number of aromatic amines is 1. The lowest BCUT2D eigenvalue weighted by Gasteiger charge is -2.17. The van der Waals surface area contributed by atoms with Crippen molar-refractivity contribution in [1.82, 2.24) is 10.3 Å². The molecule has 0 fully saturated rings. The third-order valence-electron chi connectivity index (χ3n) is 3.38. The molecule has 3 N–H and O–H groups in total. The zero-order valence-corrected chi connectivity index (χ0v) is 12.2. The third kappa shape index (κ3) is 3.92. The first-order chi connectivity index (χ1) is 11.2. The van der Waals surface area contributed by atoms with Crippen molar-refractivity contribution in [3.05, 3.63) is 36.0 Å². The molecular formula is C15H13F3N2O4. The number of alkyl halides is 3. The number of ketones is 1. The largest absolute Gasteiger partial charge is 0.481 e.